The summed E-state index contributed by atoms with van der Waals surface area (Å²) < 4.78 is 0. The number of para-hydroxylation sites is 1. The van der Waals surface area contributed by atoms with Crippen LogP contribution in [0.25, 0.3) is 56.2 Å². The van der Waals surface area contributed by atoms with Gasteiger partial charge in [0.15, 0.2) is 11.6 Å². The summed E-state index contributed by atoms with van der Waals surface area (Å²) in [6.07, 6.45) is 0. The van der Waals surface area contributed by atoms with E-state index >= 15 is 0 Å². The van der Waals surface area contributed by atoms with E-state index in [9.17, 15) is 0 Å². The van der Waals surface area contributed by atoms with E-state index < -0.39 is 0 Å². The standard InChI is InChI=1S/C63H53N5/c1-42-35-44(3)59(45(4)36-42)68(60-46(5)37-43(2)38-47(60)6)56-33-31-55(32-34-56)67(58-30-20-19-29-57(58)50-25-15-9-16-26-50)63-65-61(51-27-17-10-18-28-51)64-62(66-63)54-40-52(48-21-11-7-12-22-48)39-53(41-54)49-23-13-8-14-24-49/h7-41H,1-6H3. The minimum Gasteiger partial charge on any atom is -0.309 e. The van der Waals surface area contributed by atoms with Crippen molar-refractivity contribution in [1.29, 1.82) is 0 Å². The predicted octanol–water partition coefficient (Wildman–Crippen LogP) is 17.0. The second kappa shape index (κ2) is 18.8. The molecule has 0 saturated carbocycles. The molecule has 0 bridgehead atoms. The van der Waals surface area contributed by atoms with Gasteiger partial charge in [0, 0.05) is 28.1 Å². The minimum absolute atomic E-state index is 0.503. The monoisotopic (exact) mass is 879 g/mol. The highest BCUT2D eigenvalue weighted by Gasteiger charge is 2.25. The van der Waals surface area contributed by atoms with Gasteiger partial charge in [0.2, 0.25) is 5.95 Å². The van der Waals surface area contributed by atoms with Gasteiger partial charge >= 0.3 is 0 Å². The number of hydrogen-bond acceptors (Lipinski definition) is 5. The summed E-state index contributed by atoms with van der Waals surface area (Å²) in [5.74, 6) is 1.66. The highest BCUT2D eigenvalue weighted by atomic mass is 15.3. The van der Waals surface area contributed by atoms with Gasteiger partial charge in [-0.15, -0.1) is 0 Å². The molecule has 0 unspecified atom stereocenters. The van der Waals surface area contributed by atoms with E-state index in [1.54, 1.807) is 0 Å². The van der Waals surface area contributed by atoms with Gasteiger partial charge in [-0.3, -0.25) is 4.90 Å². The lowest BCUT2D eigenvalue weighted by atomic mass is 9.96. The van der Waals surface area contributed by atoms with E-state index in [2.05, 4.69) is 245 Å². The summed E-state index contributed by atoms with van der Waals surface area (Å²) in [6.45, 7) is 13.2. The summed E-state index contributed by atoms with van der Waals surface area (Å²) in [5.41, 5.74) is 21.0. The van der Waals surface area contributed by atoms with Gasteiger partial charge in [0.1, 0.15) is 0 Å². The van der Waals surface area contributed by atoms with Gasteiger partial charge < -0.3 is 4.90 Å². The van der Waals surface area contributed by atoms with E-state index in [-0.39, 0.29) is 0 Å². The van der Waals surface area contributed by atoms with Crippen molar-refractivity contribution >= 4 is 34.4 Å². The van der Waals surface area contributed by atoms with E-state index in [1.165, 1.54) is 44.8 Å². The zero-order valence-electron chi connectivity index (χ0n) is 39.4. The molecular formula is C63H53N5. The summed E-state index contributed by atoms with van der Waals surface area (Å²) in [5, 5.41) is 0. The molecule has 1 heterocycles. The molecule has 0 fully saturated rings. The first-order chi connectivity index (χ1) is 33.2. The van der Waals surface area contributed by atoms with Crippen LogP contribution < -0.4 is 9.80 Å². The lowest BCUT2D eigenvalue weighted by Crippen LogP contribution is -2.18. The maximum Gasteiger partial charge on any atom is 0.238 e. The largest absolute Gasteiger partial charge is 0.309 e. The topological polar surface area (TPSA) is 45.2 Å². The maximum absolute atomic E-state index is 5.50. The molecule has 9 aromatic carbocycles. The van der Waals surface area contributed by atoms with Crippen LogP contribution in [-0.4, -0.2) is 15.0 Å². The number of nitrogens with zero attached hydrogens (tertiary/aromatic N) is 5. The second-order valence-electron chi connectivity index (χ2n) is 17.7. The summed E-state index contributed by atoms with van der Waals surface area (Å²) in [6, 6.07) is 75.0. The van der Waals surface area contributed by atoms with Crippen LogP contribution in [0.3, 0.4) is 0 Å². The molecule has 0 aliphatic rings. The SMILES string of the molecule is Cc1cc(C)c(N(c2ccc(N(c3nc(-c4ccccc4)nc(-c4cc(-c5ccccc5)cc(-c5ccccc5)c4)n3)c3ccccc3-c3ccccc3)cc2)c2c(C)cc(C)cc2C)c(C)c1. The molecule has 1 aromatic heterocycles. The lowest BCUT2D eigenvalue weighted by molar-refractivity contribution is 1.02. The third-order valence-electron chi connectivity index (χ3n) is 12.6. The van der Waals surface area contributed by atoms with Gasteiger partial charge in [0.25, 0.3) is 0 Å². The highest BCUT2D eigenvalue weighted by Crippen LogP contribution is 2.45. The average Bonchev–Trinajstić information content (AvgIpc) is 3.37. The van der Waals surface area contributed by atoms with Crippen molar-refractivity contribution in [3.8, 4) is 56.2 Å². The molecule has 0 aliphatic heterocycles. The van der Waals surface area contributed by atoms with Crippen LogP contribution in [0.2, 0.25) is 0 Å². The van der Waals surface area contributed by atoms with Crippen molar-refractivity contribution in [2.24, 2.45) is 0 Å². The normalized spacial score (nSPS) is 11.1. The zero-order chi connectivity index (χ0) is 46.7. The molecule has 0 N–H and O–H groups in total. The van der Waals surface area contributed by atoms with Crippen molar-refractivity contribution in [2.45, 2.75) is 41.5 Å². The van der Waals surface area contributed by atoms with Crippen LogP contribution in [0.5, 0.6) is 0 Å². The molecule has 68 heavy (non-hydrogen) atoms. The smallest absolute Gasteiger partial charge is 0.238 e. The number of aryl methyl sites for hydroxylation is 6. The maximum atomic E-state index is 5.50. The van der Waals surface area contributed by atoms with E-state index in [0.29, 0.717) is 17.6 Å². The van der Waals surface area contributed by atoms with Crippen molar-refractivity contribution in [3.05, 3.63) is 246 Å². The molecule has 0 atom stereocenters. The summed E-state index contributed by atoms with van der Waals surface area (Å²) >= 11 is 0. The Kier molecular flexibility index (Phi) is 12.0. The predicted molar refractivity (Wildman–Crippen MR) is 285 cm³/mol. The van der Waals surface area contributed by atoms with Crippen LogP contribution in [0, 0.1) is 41.5 Å². The van der Waals surface area contributed by atoms with Crippen LogP contribution in [0.15, 0.2) is 212 Å². The van der Waals surface area contributed by atoms with E-state index in [0.717, 1.165) is 61.6 Å². The number of rotatable bonds is 11. The van der Waals surface area contributed by atoms with Crippen molar-refractivity contribution < 1.29 is 0 Å². The van der Waals surface area contributed by atoms with Crippen LogP contribution in [0.1, 0.15) is 33.4 Å². The Hall–Kier alpha value is -8.41. The number of hydrogen-bond donors (Lipinski definition) is 0. The zero-order valence-corrected chi connectivity index (χ0v) is 39.4. The molecule has 0 saturated heterocycles. The van der Waals surface area contributed by atoms with Crippen molar-refractivity contribution in [2.75, 3.05) is 9.80 Å². The van der Waals surface area contributed by atoms with E-state index in [1.807, 2.05) is 18.2 Å². The molecule has 0 spiro atoms. The van der Waals surface area contributed by atoms with Gasteiger partial charge in [-0.1, -0.05) is 175 Å². The number of anilines is 6. The van der Waals surface area contributed by atoms with E-state index in [4.69, 9.17) is 15.0 Å². The third-order valence-corrected chi connectivity index (χ3v) is 12.6. The fraction of sp³-hybridized carbons (Fsp3) is 0.0952. The molecule has 0 amide bonds. The Morgan fingerprint density at radius 2 is 0.662 bits per heavy atom. The fourth-order valence-corrected chi connectivity index (χ4v) is 9.73. The van der Waals surface area contributed by atoms with Gasteiger partial charge in [0.05, 0.1) is 17.1 Å². The first kappa shape index (κ1) is 43.5. The fourth-order valence-electron chi connectivity index (χ4n) is 9.73. The molecule has 10 aromatic rings. The Morgan fingerprint density at radius 3 is 1.13 bits per heavy atom. The third kappa shape index (κ3) is 8.82. The van der Waals surface area contributed by atoms with Crippen LogP contribution in [0.4, 0.5) is 34.4 Å². The van der Waals surface area contributed by atoms with Gasteiger partial charge in [-0.05, 0) is 140 Å². The van der Waals surface area contributed by atoms with Crippen LogP contribution >= 0.6 is 0 Å². The Labute approximate surface area is 400 Å². The molecule has 330 valence electrons. The quantitative estimate of drug-likeness (QED) is 0.130. The molecule has 5 nitrogen and oxygen atoms in total. The Morgan fingerprint density at radius 1 is 0.294 bits per heavy atom. The Bertz CT molecular complexity index is 3220. The number of benzene rings is 9. The van der Waals surface area contributed by atoms with Gasteiger partial charge in [-0.2, -0.15) is 9.97 Å². The highest BCUT2D eigenvalue weighted by molar-refractivity contribution is 5.89. The van der Waals surface area contributed by atoms with Crippen molar-refractivity contribution in [3.63, 3.8) is 0 Å². The molecule has 0 aliphatic carbocycles. The lowest BCUT2D eigenvalue weighted by Gasteiger charge is -2.32. The first-order valence-corrected chi connectivity index (χ1v) is 23.3. The Balaban J connectivity index is 1.21. The van der Waals surface area contributed by atoms with Crippen molar-refractivity contribution in [1.82, 2.24) is 15.0 Å². The van der Waals surface area contributed by atoms with Gasteiger partial charge in [-0.25, -0.2) is 4.98 Å². The summed E-state index contributed by atoms with van der Waals surface area (Å²) in [4.78, 5) is 20.8. The molecule has 0 radical (unpaired) electrons. The molecule has 10 rings (SSSR count). The molecular weight excluding hydrogens is 827 g/mol. The van der Waals surface area contributed by atoms with Crippen LogP contribution in [-0.2, 0) is 0 Å². The first-order valence-electron chi connectivity index (χ1n) is 23.3. The number of aromatic nitrogens is 3. The second-order valence-corrected chi connectivity index (χ2v) is 17.7. The summed E-state index contributed by atoms with van der Waals surface area (Å²) in [7, 11) is 0. The molecule has 5 heteroatoms. The average molecular weight is 880 g/mol. The minimum atomic E-state index is 0.503.